The van der Waals surface area contributed by atoms with Gasteiger partial charge in [0, 0.05) is 0 Å². The first-order chi connectivity index (χ1) is 4.13. The molecule has 52 valence electrons. The van der Waals surface area contributed by atoms with Crippen LogP contribution in [0.15, 0.2) is 0 Å². The second-order valence-corrected chi connectivity index (χ2v) is 3.53. The summed E-state index contributed by atoms with van der Waals surface area (Å²) in [6, 6.07) is 0. The number of hydrogen-bond acceptors (Lipinski definition) is 4. The lowest BCUT2D eigenvalue weighted by Crippen LogP contribution is -1.84. The molecule has 0 N–H and O–H groups in total. The third-order valence-corrected chi connectivity index (χ3v) is 1.41. The molecule has 0 aromatic heterocycles. The van der Waals surface area contributed by atoms with Gasteiger partial charge in [0.1, 0.15) is 0 Å². The average Bonchev–Trinajstić information content (AvgIpc) is 1.63. The maximum absolute atomic E-state index is 10.2. The molecule has 0 radical (unpaired) electrons. The molecular formula is C3H8O4P2+2. The van der Waals surface area contributed by atoms with E-state index in [2.05, 4.69) is 9.05 Å². The first kappa shape index (κ1) is 9.12. The fraction of sp³-hybridized carbons (Fsp3) is 1.00. The summed E-state index contributed by atoms with van der Waals surface area (Å²) in [7, 11) is -3.27. The van der Waals surface area contributed by atoms with Gasteiger partial charge >= 0.3 is 16.1 Å². The van der Waals surface area contributed by atoms with Crippen LogP contribution in [0.3, 0.4) is 0 Å². The molecule has 0 saturated carbocycles. The zero-order valence-electron chi connectivity index (χ0n) is 5.23. The van der Waals surface area contributed by atoms with Crippen molar-refractivity contribution in [3.8, 4) is 0 Å². The number of rotatable bonds is 4. The third-order valence-electron chi connectivity index (χ3n) is 0.469. The fourth-order valence-corrected chi connectivity index (χ4v) is 0.657. The summed E-state index contributed by atoms with van der Waals surface area (Å²) in [6.07, 6.45) is 0. The summed E-state index contributed by atoms with van der Waals surface area (Å²) in [5, 5.41) is 0. The molecule has 6 heteroatoms. The van der Waals surface area contributed by atoms with Gasteiger partial charge in [-0.15, -0.1) is 9.05 Å². The van der Waals surface area contributed by atoms with Crippen LogP contribution in [0, 0.1) is 0 Å². The molecule has 0 spiro atoms. The first-order valence-corrected chi connectivity index (χ1v) is 5.45. The molecule has 0 aliphatic rings. The average molecular weight is 170 g/mol. The molecule has 0 amide bonds. The van der Waals surface area contributed by atoms with Crippen LogP contribution in [0.1, 0.15) is 0 Å². The van der Waals surface area contributed by atoms with Gasteiger partial charge < -0.3 is 0 Å². The monoisotopic (exact) mass is 170 g/mol. The first-order valence-electron chi connectivity index (χ1n) is 2.20. The molecule has 0 aromatic carbocycles. The maximum Gasteiger partial charge on any atom is 0.507 e. The maximum atomic E-state index is 10.2. The van der Waals surface area contributed by atoms with Gasteiger partial charge in [0.2, 0.25) is 0 Å². The van der Waals surface area contributed by atoms with E-state index < -0.39 is 16.1 Å². The zero-order chi connectivity index (χ0) is 7.28. The van der Waals surface area contributed by atoms with Crippen LogP contribution in [0.2, 0.25) is 0 Å². The van der Waals surface area contributed by atoms with Crippen molar-refractivity contribution in [3.05, 3.63) is 0 Å². The van der Waals surface area contributed by atoms with Gasteiger partial charge in [-0.05, 0) is 9.13 Å². The Balaban J connectivity index is 3.10. The molecule has 0 aliphatic carbocycles. The minimum atomic E-state index is -1.63. The van der Waals surface area contributed by atoms with Gasteiger partial charge in [-0.2, -0.15) is 0 Å². The largest absolute Gasteiger partial charge is 0.507 e. The van der Waals surface area contributed by atoms with Crippen LogP contribution in [-0.4, -0.2) is 20.1 Å². The van der Waals surface area contributed by atoms with Gasteiger partial charge in [0.15, 0.2) is 13.3 Å². The van der Waals surface area contributed by atoms with Crippen molar-refractivity contribution in [2.45, 2.75) is 0 Å². The minimum Gasteiger partial charge on any atom is -0.113 e. The van der Waals surface area contributed by atoms with Crippen LogP contribution in [0.5, 0.6) is 0 Å². The Morgan fingerprint density at radius 1 is 1.11 bits per heavy atom. The van der Waals surface area contributed by atoms with Crippen molar-refractivity contribution in [2.24, 2.45) is 0 Å². The molecule has 0 saturated heterocycles. The third kappa shape index (κ3) is 8.12. The Hall–Kier alpha value is 0.120. The lowest BCUT2D eigenvalue weighted by atomic mass is 11.6. The molecule has 0 aliphatic heterocycles. The van der Waals surface area contributed by atoms with E-state index in [4.69, 9.17) is 0 Å². The van der Waals surface area contributed by atoms with Gasteiger partial charge in [0.25, 0.3) is 6.79 Å². The van der Waals surface area contributed by atoms with Crippen molar-refractivity contribution in [1.82, 2.24) is 0 Å². The summed E-state index contributed by atoms with van der Waals surface area (Å²) in [6.45, 7) is 2.65. The van der Waals surface area contributed by atoms with E-state index >= 15 is 0 Å². The standard InChI is InChI=1S/C3H8O4P2/c1-8(4)6-3-7-9(2)5/h3H2,1-2H3/q+2. The molecule has 9 heavy (non-hydrogen) atoms. The molecule has 0 bridgehead atoms. The molecule has 0 fully saturated rings. The predicted octanol–water partition coefficient (Wildman–Crippen LogP) is 1.72. The van der Waals surface area contributed by atoms with E-state index in [-0.39, 0.29) is 6.79 Å². The summed E-state index contributed by atoms with van der Waals surface area (Å²) in [5.74, 6) is 0. The topological polar surface area (TPSA) is 52.6 Å². The van der Waals surface area contributed by atoms with Crippen LogP contribution in [0.25, 0.3) is 0 Å². The Kier molecular flexibility index (Phi) is 5.02. The lowest BCUT2D eigenvalue weighted by Gasteiger charge is -1.77. The summed E-state index contributed by atoms with van der Waals surface area (Å²) in [4.78, 5) is 0. The Morgan fingerprint density at radius 2 is 1.44 bits per heavy atom. The van der Waals surface area contributed by atoms with Crippen molar-refractivity contribution in [3.63, 3.8) is 0 Å². The van der Waals surface area contributed by atoms with Crippen molar-refractivity contribution in [1.29, 1.82) is 0 Å². The van der Waals surface area contributed by atoms with Crippen LogP contribution >= 0.6 is 16.1 Å². The second kappa shape index (κ2) is 4.95. The number of hydrogen-bond donors (Lipinski definition) is 0. The van der Waals surface area contributed by atoms with Crippen molar-refractivity contribution in [2.75, 3.05) is 20.1 Å². The summed E-state index contributed by atoms with van der Waals surface area (Å²) in [5.41, 5.74) is 0. The Labute approximate surface area is 55.3 Å². The molecule has 4 nitrogen and oxygen atoms in total. The Morgan fingerprint density at radius 3 is 1.67 bits per heavy atom. The SMILES string of the molecule is C[P+](=O)OCO[P+](C)=O. The highest BCUT2D eigenvalue weighted by atomic mass is 31.1. The minimum absolute atomic E-state index is 0.155. The van der Waals surface area contributed by atoms with Crippen LogP contribution in [-0.2, 0) is 18.2 Å². The summed E-state index contributed by atoms with van der Waals surface area (Å²) >= 11 is 0. The normalized spacial score (nSPS) is 13.1. The smallest absolute Gasteiger partial charge is 0.113 e. The highest BCUT2D eigenvalue weighted by Gasteiger charge is 2.12. The lowest BCUT2D eigenvalue weighted by molar-refractivity contribution is 0.139. The molecule has 0 aromatic rings. The highest BCUT2D eigenvalue weighted by molar-refractivity contribution is 7.38. The van der Waals surface area contributed by atoms with Crippen molar-refractivity contribution < 1.29 is 18.2 Å². The van der Waals surface area contributed by atoms with E-state index in [1.54, 1.807) is 0 Å². The van der Waals surface area contributed by atoms with Crippen molar-refractivity contribution >= 4 is 16.1 Å². The fourth-order valence-electron chi connectivity index (χ4n) is 0.172. The van der Waals surface area contributed by atoms with Gasteiger partial charge in [-0.25, -0.2) is 0 Å². The van der Waals surface area contributed by atoms with E-state index in [1.165, 1.54) is 13.3 Å². The van der Waals surface area contributed by atoms with Crippen LogP contribution in [0.4, 0.5) is 0 Å². The molecule has 0 heterocycles. The predicted molar refractivity (Wildman–Crippen MR) is 34.1 cm³/mol. The van der Waals surface area contributed by atoms with E-state index in [0.29, 0.717) is 0 Å². The summed E-state index contributed by atoms with van der Waals surface area (Å²) < 4.78 is 29.3. The zero-order valence-corrected chi connectivity index (χ0v) is 7.02. The van der Waals surface area contributed by atoms with Crippen LogP contribution < -0.4 is 0 Å². The van der Waals surface area contributed by atoms with Gasteiger partial charge in [-0.1, -0.05) is 0 Å². The molecule has 2 atom stereocenters. The molecular weight excluding hydrogens is 162 g/mol. The molecule has 0 rings (SSSR count). The van der Waals surface area contributed by atoms with E-state index in [0.717, 1.165) is 0 Å². The van der Waals surface area contributed by atoms with Gasteiger partial charge in [0.05, 0.1) is 0 Å². The second-order valence-electron chi connectivity index (χ2n) is 1.26. The van der Waals surface area contributed by atoms with E-state index in [1.807, 2.05) is 0 Å². The van der Waals surface area contributed by atoms with E-state index in [9.17, 15) is 9.13 Å². The molecule has 2 unspecified atom stereocenters. The quantitative estimate of drug-likeness (QED) is 0.476. The van der Waals surface area contributed by atoms with Gasteiger partial charge in [-0.3, -0.25) is 0 Å². The Bertz CT molecular complexity index is 109. The highest BCUT2D eigenvalue weighted by Crippen LogP contribution is 2.20.